The van der Waals surface area contributed by atoms with Crippen molar-refractivity contribution in [2.75, 3.05) is 27.2 Å². The summed E-state index contributed by atoms with van der Waals surface area (Å²) in [5.41, 5.74) is 2.80. The number of hydrogen-bond donors (Lipinski definition) is 0. The third kappa shape index (κ3) is 5.19. The van der Waals surface area contributed by atoms with Gasteiger partial charge in [0.05, 0.1) is 6.61 Å². The molecule has 0 fully saturated rings. The lowest BCUT2D eigenvalue weighted by atomic mass is 9.89. The summed E-state index contributed by atoms with van der Waals surface area (Å²) in [7, 11) is 4.28. The summed E-state index contributed by atoms with van der Waals surface area (Å²) >= 11 is 0. The molecule has 0 radical (unpaired) electrons. The van der Waals surface area contributed by atoms with Gasteiger partial charge in [0.25, 0.3) is 0 Å². The fourth-order valence-electron chi connectivity index (χ4n) is 2.70. The molecule has 0 spiro atoms. The van der Waals surface area contributed by atoms with E-state index in [1.54, 1.807) is 0 Å². The van der Waals surface area contributed by atoms with Crippen LogP contribution in [0.2, 0.25) is 0 Å². The van der Waals surface area contributed by atoms with Gasteiger partial charge in [-0.25, -0.2) is 0 Å². The minimum atomic E-state index is 0.557. The Kier molecular flexibility index (Phi) is 6.47. The van der Waals surface area contributed by atoms with Crippen molar-refractivity contribution in [3.05, 3.63) is 65.7 Å². The second kappa shape index (κ2) is 8.60. The van der Waals surface area contributed by atoms with E-state index in [1.807, 2.05) is 6.92 Å². The highest BCUT2D eigenvalue weighted by atomic mass is 16.5. The maximum absolute atomic E-state index is 5.52. The van der Waals surface area contributed by atoms with Crippen LogP contribution in [0.1, 0.15) is 30.4 Å². The maximum Gasteiger partial charge on any atom is 0.119 e. The minimum absolute atomic E-state index is 0.557. The lowest BCUT2D eigenvalue weighted by Gasteiger charge is -2.20. The van der Waals surface area contributed by atoms with Gasteiger partial charge in [0, 0.05) is 0 Å². The molecule has 2 nitrogen and oxygen atoms in total. The fraction of sp³-hybridized carbons (Fsp3) is 0.400. The van der Waals surface area contributed by atoms with Crippen molar-refractivity contribution in [1.82, 2.24) is 4.90 Å². The molecule has 22 heavy (non-hydrogen) atoms. The molecule has 0 amide bonds. The monoisotopic (exact) mass is 297 g/mol. The van der Waals surface area contributed by atoms with E-state index in [-0.39, 0.29) is 0 Å². The molecule has 118 valence electrons. The first-order valence-electron chi connectivity index (χ1n) is 8.10. The second-order valence-corrected chi connectivity index (χ2v) is 5.98. The van der Waals surface area contributed by atoms with Crippen molar-refractivity contribution in [3.63, 3.8) is 0 Å². The standard InChI is InChI=1S/C20H27NO/c1-4-22-20-12-10-17(11-13-20)16-19(14-15-21(2)3)18-8-6-5-7-9-18/h5-13,19H,4,14-16H2,1-3H3. The van der Waals surface area contributed by atoms with Crippen molar-refractivity contribution in [2.24, 2.45) is 0 Å². The summed E-state index contributed by atoms with van der Waals surface area (Å²) in [5.74, 6) is 1.51. The zero-order valence-corrected chi connectivity index (χ0v) is 14.0. The van der Waals surface area contributed by atoms with Gasteiger partial charge < -0.3 is 9.64 Å². The number of ether oxygens (including phenoxy) is 1. The second-order valence-electron chi connectivity index (χ2n) is 5.98. The van der Waals surface area contributed by atoms with Crippen LogP contribution >= 0.6 is 0 Å². The Morgan fingerprint density at radius 1 is 0.955 bits per heavy atom. The molecular formula is C20H27NO. The Labute approximate surface area is 134 Å². The smallest absolute Gasteiger partial charge is 0.119 e. The van der Waals surface area contributed by atoms with Crippen molar-refractivity contribution in [1.29, 1.82) is 0 Å². The van der Waals surface area contributed by atoms with Gasteiger partial charge in [0.2, 0.25) is 0 Å². The van der Waals surface area contributed by atoms with Crippen LogP contribution in [0.15, 0.2) is 54.6 Å². The first-order valence-corrected chi connectivity index (χ1v) is 8.10. The molecule has 0 aromatic heterocycles. The van der Waals surface area contributed by atoms with Crippen molar-refractivity contribution in [2.45, 2.75) is 25.7 Å². The quantitative estimate of drug-likeness (QED) is 0.717. The van der Waals surface area contributed by atoms with Crippen LogP contribution in [-0.2, 0) is 6.42 Å². The van der Waals surface area contributed by atoms with E-state index in [0.29, 0.717) is 5.92 Å². The lowest BCUT2D eigenvalue weighted by molar-refractivity contribution is 0.340. The van der Waals surface area contributed by atoms with E-state index in [0.717, 1.165) is 25.3 Å². The van der Waals surface area contributed by atoms with E-state index in [1.165, 1.54) is 17.5 Å². The summed E-state index contributed by atoms with van der Waals surface area (Å²) in [6, 6.07) is 19.4. The minimum Gasteiger partial charge on any atom is -0.494 e. The molecule has 0 N–H and O–H groups in total. The third-order valence-electron chi connectivity index (χ3n) is 3.91. The molecule has 0 saturated carbocycles. The van der Waals surface area contributed by atoms with Gasteiger partial charge >= 0.3 is 0 Å². The Balaban J connectivity index is 2.08. The lowest BCUT2D eigenvalue weighted by Crippen LogP contribution is -2.17. The van der Waals surface area contributed by atoms with Crippen LogP contribution in [0.3, 0.4) is 0 Å². The van der Waals surface area contributed by atoms with Crippen LogP contribution in [0, 0.1) is 0 Å². The predicted molar refractivity (Wildman–Crippen MR) is 93.7 cm³/mol. The Hall–Kier alpha value is -1.80. The Morgan fingerprint density at radius 3 is 2.23 bits per heavy atom. The van der Waals surface area contributed by atoms with Crippen molar-refractivity contribution >= 4 is 0 Å². The first kappa shape index (κ1) is 16.6. The van der Waals surface area contributed by atoms with Gasteiger partial charge in [-0.3, -0.25) is 0 Å². The van der Waals surface area contributed by atoms with Crippen LogP contribution < -0.4 is 4.74 Å². The number of benzene rings is 2. The normalized spacial score (nSPS) is 12.4. The van der Waals surface area contributed by atoms with Crippen LogP contribution in [0.25, 0.3) is 0 Å². The fourth-order valence-corrected chi connectivity index (χ4v) is 2.70. The molecule has 1 unspecified atom stereocenters. The third-order valence-corrected chi connectivity index (χ3v) is 3.91. The largest absolute Gasteiger partial charge is 0.494 e. The summed E-state index contributed by atoms with van der Waals surface area (Å²) in [6.45, 7) is 3.84. The van der Waals surface area contributed by atoms with Crippen LogP contribution in [0.5, 0.6) is 5.75 Å². The molecular weight excluding hydrogens is 270 g/mol. The average molecular weight is 297 g/mol. The van der Waals surface area contributed by atoms with E-state index < -0.39 is 0 Å². The highest BCUT2D eigenvalue weighted by Crippen LogP contribution is 2.25. The van der Waals surface area contributed by atoms with Crippen LogP contribution in [0.4, 0.5) is 0 Å². The van der Waals surface area contributed by atoms with Gasteiger partial charge in [-0.15, -0.1) is 0 Å². The molecule has 0 bridgehead atoms. The topological polar surface area (TPSA) is 12.5 Å². The highest BCUT2D eigenvalue weighted by Gasteiger charge is 2.12. The average Bonchev–Trinajstić information content (AvgIpc) is 2.54. The first-order chi connectivity index (χ1) is 10.7. The van der Waals surface area contributed by atoms with Gasteiger partial charge in [-0.05, 0) is 69.6 Å². The molecule has 0 aliphatic heterocycles. The van der Waals surface area contributed by atoms with E-state index in [2.05, 4.69) is 73.6 Å². The summed E-state index contributed by atoms with van der Waals surface area (Å²) in [6.07, 6.45) is 2.24. The molecule has 0 saturated heterocycles. The number of nitrogens with zero attached hydrogens (tertiary/aromatic N) is 1. The zero-order chi connectivity index (χ0) is 15.8. The Morgan fingerprint density at radius 2 is 1.64 bits per heavy atom. The van der Waals surface area contributed by atoms with E-state index in [9.17, 15) is 0 Å². The summed E-state index contributed by atoms with van der Waals surface area (Å²) < 4.78 is 5.52. The predicted octanol–water partition coefficient (Wildman–Crippen LogP) is 4.36. The SMILES string of the molecule is CCOc1ccc(CC(CCN(C)C)c2ccccc2)cc1. The van der Waals surface area contributed by atoms with Gasteiger partial charge in [0.15, 0.2) is 0 Å². The van der Waals surface area contributed by atoms with Gasteiger partial charge in [0.1, 0.15) is 5.75 Å². The maximum atomic E-state index is 5.52. The molecule has 0 heterocycles. The number of hydrogen-bond acceptors (Lipinski definition) is 2. The van der Waals surface area contributed by atoms with Gasteiger partial charge in [-0.2, -0.15) is 0 Å². The molecule has 2 heteroatoms. The molecule has 2 aromatic rings. The molecule has 1 atom stereocenters. The Bertz CT molecular complexity index is 533. The summed E-state index contributed by atoms with van der Waals surface area (Å²) in [4.78, 5) is 2.26. The van der Waals surface area contributed by atoms with E-state index >= 15 is 0 Å². The molecule has 0 aliphatic rings. The molecule has 2 aromatic carbocycles. The number of rotatable bonds is 8. The van der Waals surface area contributed by atoms with Crippen molar-refractivity contribution in [3.8, 4) is 5.75 Å². The zero-order valence-electron chi connectivity index (χ0n) is 14.0. The molecule has 2 rings (SSSR count). The van der Waals surface area contributed by atoms with Crippen LogP contribution in [-0.4, -0.2) is 32.1 Å². The van der Waals surface area contributed by atoms with Crippen molar-refractivity contribution < 1.29 is 4.74 Å². The molecule has 0 aliphatic carbocycles. The highest BCUT2D eigenvalue weighted by molar-refractivity contribution is 5.29. The van der Waals surface area contributed by atoms with E-state index in [4.69, 9.17) is 4.74 Å². The summed E-state index contributed by atoms with van der Waals surface area (Å²) in [5, 5.41) is 0. The van der Waals surface area contributed by atoms with Gasteiger partial charge in [-0.1, -0.05) is 42.5 Å².